The monoisotopic (exact) mass is 435 g/mol. The second-order valence-corrected chi connectivity index (χ2v) is 7.98. The molecule has 0 bridgehead atoms. The van der Waals surface area contributed by atoms with Crippen molar-refractivity contribution in [3.8, 4) is 11.3 Å². The molecule has 0 radical (unpaired) electrons. The largest absolute Gasteiger partial charge is 0.332 e. The molecule has 1 aromatic carbocycles. The third-order valence-electron chi connectivity index (χ3n) is 5.06. The number of rotatable bonds is 4. The molecule has 0 fully saturated rings. The topological polar surface area (TPSA) is 108 Å². The number of benzene rings is 1. The molecule has 11 heteroatoms. The smallest absolute Gasteiger partial charge is 0.328 e. The molecule has 0 unspecified atom stereocenters. The highest BCUT2D eigenvalue weighted by atomic mass is 32.1. The van der Waals surface area contributed by atoms with Gasteiger partial charge in [-0.25, -0.2) is 19.3 Å². The fraction of sp³-hybridized carbons (Fsp3) is 0.150. The van der Waals surface area contributed by atoms with Gasteiger partial charge in [0.25, 0.3) is 5.56 Å². The molecule has 0 aliphatic carbocycles. The average Bonchev–Trinajstić information content (AvgIpc) is 3.45. The molecule has 1 amide bonds. The van der Waals surface area contributed by atoms with Crippen LogP contribution in [0.25, 0.3) is 27.4 Å². The van der Waals surface area contributed by atoms with Crippen molar-refractivity contribution in [2.24, 2.45) is 14.1 Å². The fourth-order valence-electron chi connectivity index (χ4n) is 3.47. The molecule has 5 aromatic rings. The Morgan fingerprint density at radius 3 is 2.68 bits per heavy atom. The summed E-state index contributed by atoms with van der Waals surface area (Å²) in [4.78, 5) is 47.3. The molecule has 0 aliphatic heterocycles. The highest BCUT2D eigenvalue weighted by molar-refractivity contribution is 7.15. The van der Waals surface area contributed by atoms with Gasteiger partial charge < -0.3 is 9.88 Å². The highest BCUT2D eigenvalue weighted by Gasteiger charge is 2.17. The first-order valence-corrected chi connectivity index (χ1v) is 10.2. The lowest BCUT2D eigenvalue weighted by molar-refractivity contribution is -0.116. The van der Waals surface area contributed by atoms with Crippen molar-refractivity contribution >= 4 is 39.1 Å². The van der Waals surface area contributed by atoms with Crippen molar-refractivity contribution in [2.45, 2.75) is 6.54 Å². The minimum absolute atomic E-state index is 0.263. The third-order valence-corrected chi connectivity index (χ3v) is 5.83. The first-order chi connectivity index (χ1) is 14.9. The van der Waals surface area contributed by atoms with Crippen LogP contribution in [0.1, 0.15) is 0 Å². The molecule has 0 saturated carbocycles. The second kappa shape index (κ2) is 7.06. The average molecular weight is 435 g/mol. The zero-order chi connectivity index (χ0) is 21.7. The van der Waals surface area contributed by atoms with Crippen LogP contribution in [0.3, 0.4) is 0 Å². The van der Waals surface area contributed by atoms with E-state index in [-0.39, 0.29) is 11.2 Å². The molecular weight excluding hydrogens is 418 g/mol. The number of amides is 1. The van der Waals surface area contributed by atoms with E-state index in [4.69, 9.17) is 0 Å². The number of nitrogens with zero attached hydrogens (tertiary/aromatic N) is 6. The summed E-state index contributed by atoms with van der Waals surface area (Å²) in [6, 6.07) is 7.22. The van der Waals surface area contributed by atoms with E-state index in [9.17, 15) is 14.4 Å². The van der Waals surface area contributed by atoms with Gasteiger partial charge in [0.2, 0.25) is 5.91 Å². The summed E-state index contributed by atoms with van der Waals surface area (Å²) in [6.45, 7) is -0.397. The zero-order valence-corrected chi connectivity index (χ0v) is 17.5. The summed E-state index contributed by atoms with van der Waals surface area (Å²) < 4.78 is 5.65. The minimum Gasteiger partial charge on any atom is -0.328 e. The zero-order valence-electron chi connectivity index (χ0n) is 16.6. The molecule has 31 heavy (non-hydrogen) atoms. The van der Waals surface area contributed by atoms with E-state index in [1.807, 2.05) is 34.3 Å². The Bertz CT molecular complexity index is 1540. The third kappa shape index (κ3) is 3.15. The maximum atomic E-state index is 12.7. The van der Waals surface area contributed by atoms with Crippen LogP contribution in [0, 0.1) is 0 Å². The fourth-order valence-corrected chi connectivity index (χ4v) is 4.17. The van der Waals surface area contributed by atoms with Crippen LogP contribution in [0.2, 0.25) is 0 Å². The number of imidazole rings is 2. The Morgan fingerprint density at radius 2 is 1.94 bits per heavy atom. The number of anilines is 1. The Hall–Kier alpha value is -3.99. The van der Waals surface area contributed by atoms with Crippen LogP contribution in [0.15, 0.2) is 58.0 Å². The van der Waals surface area contributed by atoms with E-state index in [0.717, 1.165) is 20.8 Å². The summed E-state index contributed by atoms with van der Waals surface area (Å²) in [5.74, 6) is -0.476. The number of fused-ring (bicyclic) bond motifs is 2. The number of nitrogens with one attached hydrogen (secondary N) is 1. The van der Waals surface area contributed by atoms with Crippen LogP contribution in [0.5, 0.6) is 0 Å². The van der Waals surface area contributed by atoms with Crippen molar-refractivity contribution in [3.05, 3.63) is 69.2 Å². The van der Waals surface area contributed by atoms with Gasteiger partial charge in [0.1, 0.15) is 6.54 Å². The van der Waals surface area contributed by atoms with E-state index < -0.39 is 23.7 Å². The quantitative estimate of drug-likeness (QED) is 0.460. The molecule has 0 atom stereocenters. The van der Waals surface area contributed by atoms with Gasteiger partial charge in [0, 0.05) is 43.1 Å². The Kier molecular flexibility index (Phi) is 4.33. The molecule has 1 N–H and O–H groups in total. The van der Waals surface area contributed by atoms with Crippen LogP contribution < -0.4 is 16.6 Å². The Morgan fingerprint density at radius 1 is 1.16 bits per heavy atom. The number of aromatic nitrogens is 6. The van der Waals surface area contributed by atoms with Gasteiger partial charge in [0.05, 0.1) is 12.0 Å². The normalized spacial score (nSPS) is 11.4. The number of carbonyl (C=O) groups is 1. The van der Waals surface area contributed by atoms with Crippen molar-refractivity contribution in [1.29, 1.82) is 0 Å². The lowest BCUT2D eigenvalue weighted by Gasteiger charge is -2.09. The maximum Gasteiger partial charge on any atom is 0.332 e. The lowest BCUT2D eigenvalue weighted by Crippen LogP contribution is -2.42. The van der Waals surface area contributed by atoms with Crippen LogP contribution in [-0.4, -0.2) is 34.0 Å². The summed E-state index contributed by atoms with van der Waals surface area (Å²) in [5.41, 5.74) is 1.71. The van der Waals surface area contributed by atoms with Gasteiger partial charge in [0.15, 0.2) is 16.1 Å². The number of hydrogen-bond acceptors (Lipinski definition) is 6. The van der Waals surface area contributed by atoms with Crippen LogP contribution in [-0.2, 0) is 25.4 Å². The number of aryl methyl sites for hydroxylation is 2. The SMILES string of the molecule is Cn1cnc2c1c(=O)n(CC(=O)Nc1ccc(-c3cn4ccsc4n3)cc1)c(=O)n2C. The van der Waals surface area contributed by atoms with Gasteiger partial charge >= 0.3 is 5.69 Å². The van der Waals surface area contributed by atoms with Gasteiger partial charge in [-0.2, -0.15) is 0 Å². The number of carbonyl (C=O) groups excluding carboxylic acids is 1. The summed E-state index contributed by atoms with van der Waals surface area (Å²) >= 11 is 1.55. The predicted molar refractivity (Wildman–Crippen MR) is 117 cm³/mol. The second-order valence-electron chi connectivity index (χ2n) is 7.11. The first-order valence-electron chi connectivity index (χ1n) is 9.36. The Labute approximate surface area is 178 Å². The number of hydrogen-bond donors (Lipinski definition) is 1. The number of thiazole rings is 1. The van der Waals surface area contributed by atoms with Crippen LogP contribution >= 0.6 is 11.3 Å². The summed E-state index contributed by atoms with van der Waals surface area (Å²) in [6.07, 6.45) is 5.34. The summed E-state index contributed by atoms with van der Waals surface area (Å²) in [7, 11) is 3.18. The van der Waals surface area contributed by atoms with Gasteiger partial charge in [-0.15, -0.1) is 11.3 Å². The molecular formula is C20H17N7O3S. The van der Waals surface area contributed by atoms with Gasteiger partial charge in [-0.05, 0) is 12.1 Å². The van der Waals surface area contributed by atoms with E-state index in [1.54, 1.807) is 30.5 Å². The molecule has 0 aliphatic rings. The summed E-state index contributed by atoms with van der Waals surface area (Å²) in [5, 5.41) is 4.70. The molecule has 4 heterocycles. The van der Waals surface area contributed by atoms with Crippen molar-refractivity contribution in [3.63, 3.8) is 0 Å². The maximum absolute atomic E-state index is 12.7. The molecule has 4 aromatic heterocycles. The standard InChI is InChI=1S/C20H17N7O3S/c1-24-11-21-17-16(24)18(29)27(20(30)25(17)2)10-15(28)22-13-5-3-12(4-6-13)14-9-26-7-8-31-19(26)23-14/h3-9,11H,10H2,1-2H3,(H,22,28). The Balaban J connectivity index is 1.37. The van der Waals surface area contributed by atoms with Crippen molar-refractivity contribution in [2.75, 3.05) is 5.32 Å². The van der Waals surface area contributed by atoms with Gasteiger partial charge in [-0.3, -0.25) is 18.6 Å². The van der Waals surface area contributed by atoms with Crippen molar-refractivity contribution < 1.29 is 4.79 Å². The molecule has 10 nitrogen and oxygen atoms in total. The lowest BCUT2D eigenvalue weighted by atomic mass is 10.1. The van der Waals surface area contributed by atoms with Gasteiger partial charge in [-0.1, -0.05) is 12.1 Å². The predicted octanol–water partition coefficient (Wildman–Crippen LogP) is 1.45. The van der Waals surface area contributed by atoms with E-state index >= 15 is 0 Å². The molecule has 0 saturated heterocycles. The molecule has 0 spiro atoms. The molecule has 5 rings (SSSR count). The highest BCUT2D eigenvalue weighted by Crippen LogP contribution is 2.23. The minimum atomic E-state index is -0.596. The first kappa shape index (κ1) is 19.0. The van der Waals surface area contributed by atoms with Crippen molar-refractivity contribution in [1.82, 2.24) is 28.1 Å². The van der Waals surface area contributed by atoms with Crippen LogP contribution in [0.4, 0.5) is 5.69 Å². The van der Waals surface area contributed by atoms with E-state index in [2.05, 4.69) is 15.3 Å². The van der Waals surface area contributed by atoms with E-state index in [0.29, 0.717) is 5.69 Å². The molecule has 156 valence electrons. The van der Waals surface area contributed by atoms with E-state index in [1.165, 1.54) is 22.5 Å².